The predicted molar refractivity (Wildman–Crippen MR) is 91.2 cm³/mol. The summed E-state index contributed by atoms with van der Waals surface area (Å²) in [6, 6.07) is 8.74. The average Bonchev–Trinajstić information content (AvgIpc) is 2.97. The summed E-state index contributed by atoms with van der Waals surface area (Å²) in [5.41, 5.74) is 2.48. The van der Waals surface area contributed by atoms with E-state index in [1.165, 1.54) is 5.56 Å². The van der Waals surface area contributed by atoms with E-state index < -0.39 is 0 Å². The zero-order chi connectivity index (χ0) is 16.2. The number of piperidine rings is 1. The fourth-order valence-corrected chi connectivity index (χ4v) is 3.21. The molecule has 3 rings (SSSR count). The van der Waals surface area contributed by atoms with Crippen LogP contribution in [0.4, 0.5) is 0 Å². The van der Waals surface area contributed by atoms with Gasteiger partial charge in [-0.1, -0.05) is 24.3 Å². The van der Waals surface area contributed by atoms with E-state index in [2.05, 4.69) is 46.2 Å². The molecule has 0 amide bonds. The molecule has 5 heteroatoms. The van der Waals surface area contributed by atoms with Crippen LogP contribution < -0.4 is 0 Å². The van der Waals surface area contributed by atoms with Crippen LogP contribution in [0.2, 0.25) is 0 Å². The van der Waals surface area contributed by atoms with Gasteiger partial charge in [0.1, 0.15) is 5.82 Å². The number of aromatic nitrogens is 3. The van der Waals surface area contributed by atoms with Gasteiger partial charge in [0.15, 0.2) is 5.82 Å². The number of benzene rings is 1. The molecule has 1 aromatic carbocycles. The Morgan fingerprint density at radius 2 is 1.87 bits per heavy atom. The second-order valence-corrected chi connectivity index (χ2v) is 6.21. The SMILES string of the molecule is CCn1nc(C)nc1-c1ccc(CN2CCC(OC)CC2)cc1. The van der Waals surface area contributed by atoms with E-state index in [0.29, 0.717) is 6.10 Å². The Hall–Kier alpha value is -1.72. The van der Waals surface area contributed by atoms with Gasteiger partial charge in [-0.3, -0.25) is 4.90 Å². The lowest BCUT2D eigenvalue weighted by molar-refractivity contribution is 0.0389. The summed E-state index contributed by atoms with van der Waals surface area (Å²) in [4.78, 5) is 7.05. The highest BCUT2D eigenvalue weighted by Gasteiger charge is 2.18. The molecule has 1 fully saturated rings. The maximum Gasteiger partial charge on any atom is 0.158 e. The number of hydrogen-bond donors (Lipinski definition) is 0. The number of hydrogen-bond acceptors (Lipinski definition) is 4. The van der Waals surface area contributed by atoms with Crippen molar-refractivity contribution in [1.29, 1.82) is 0 Å². The number of methoxy groups -OCH3 is 1. The summed E-state index contributed by atoms with van der Waals surface area (Å²) in [7, 11) is 1.82. The topological polar surface area (TPSA) is 43.2 Å². The number of nitrogens with zero attached hydrogens (tertiary/aromatic N) is 4. The third-order valence-electron chi connectivity index (χ3n) is 4.56. The zero-order valence-electron chi connectivity index (χ0n) is 14.3. The largest absolute Gasteiger partial charge is 0.381 e. The van der Waals surface area contributed by atoms with Crippen molar-refractivity contribution in [3.63, 3.8) is 0 Å². The molecule has 0 radical (unpaired) electrons. The van der Waals surface area contributed by atoms with Gasteiger partial charge in [-0.05, 0) is 32.3 Å². The number of aryl methyl sites for hydroxylation is 2. The van der Waals surface area contributed by atoms with Crippen LogP contribution in [0.1, 0.15) is 31.2 Å². The van der Waals surface area contributed by atoms with Gasteiger partial charge < -0.3 is 4.74 Å². The summed E-state index contributed by atoms with van der Waals surface area (Å²) in [6.45, 7) is 8.11. The fraction of sp³-hybridized carbons (Fsp3) is 0.556. The van der Waals surface area contributed by atoms with Gasteiger partial charge in [-0.15, -0.1) is 0 Å². The second kappa shape index (κ2) is 7.23. The average molecular weight is 314 g/mol. The molecule has 124 valence electrons. The second-order valence-electron chi connectivity index (χ2n) is 6.21. The molecule has 0 aliphatic carbocycles. The van der Waals surface area contributed by atoms with E-state index in [4.69, 9.17) is 4.74 Å². The van der Waals surface area contributed by atoms with Crippen LogP contribution in [0.3, 0.4) is 0 Å². The van der Waals surface area contributed by atoms with E-state index in [-0.39, 0.29) is 0 Å². The lowest BCUT2D eigenvalue weighted by Crippen LogP contribution is -2.36. The summed E-state index contributed by atoms with van der Waals surface area (Å²) < 4.78 is 7.39. The lowest BCUT2D eigenvalue weighted by Gasteiger charge is -2.31. The molecule has 5 nitrogen and oxygen atoms in total. The molecule has 0 N–H and O–H groups in total. The minimum absolute atomic E-state index is 0.442. The van der Waals surface area contributed by atoms with Crippen LogP contribution in [-0.2, 0) is 17.8 Å². The molecule has 1 aromatic heterocycles. The van der Waals surface area contributed by atoms with Gasteiger partial charge in [0.05, 0.1) is 6.10 Å². The Morgan fingerprint density at radius 1 is 1.17 bits per heavy atom. The molecule has 23 heavy (non-hydrogen) atoms. The van der Waals surface area contributed by atoms with Crippen LogP contribution in [0.15, 0.2) is 24.3 Å². The van der Waals surface area contributed by atoms with Crippen LogP contribution in [0, 0.1) is 6.92 Å². The first kappa shape index (κ1) is 16.1. The molecule has 2 heterocycles. The quantitative estimate of drug-likeness (QED) is 0.851. The van der Waals surface area contributed by atoms with E-state index >= 15 is 0 Å². The smallest absolute Gasteiger partial charge is 0.158 e. The van der Waals surface area contributed by atoms with Crippen molar-refractivity contribution in [2.24, 2.45) is 0 Å². The maximum atomic E-state index is 5.44. The Bertz CT molecular complexity index is 627. The van der Waals surface area contributed by atoms with Crippen LogP contribution in [0.25, 0.3) is 11.4 Å². The molecule has 2 aromatic rings. The fourth-order valence-electron chi connectivity index (χ4n) is 3.21. The molecule has 1 aliphatic heterocycles. The van der Waals surface area contributed by atoms with Gasteiger partial charge >= 0.3 is 0 Å². The Kier molecular flexibility index (Phi) is 5.08. The van der Waals surface area contributed by atoms with E-state index in [0.717, 1.165) is 56.2 Å². The highest BCUT2D eigenvalue weighted by Crippen LogP contribution is 2.20. The van der Waals surface area contributed by atoms with Gasteiger partial charge in [-0.25, -0.2) is 9.67 Å². The van der Waals surface area contributed by atoms with Crippen molar-refractivity contribution >= 4 is 0 Å². The van der Waals surface area contributed by atoms with Gasteiger partial charge in [0.2, 0.25) is 0 Å². The molecular weight excluding hydrogens is 288 g/mol. The first-order chi connectivity index (χ1) is 11.2. The van der Waals surface area contributed by atoms with E-state index in [9.17, 15) is 0 Å². The third kappa shape index (κ3) is 3.79. The first-order valence-electron chi connectivity index (χ1n) is 8.45. The van der Waals surface area contributed by atoms with Crippen molar-refractivity contribution in [2.75, 3.05) is 20.2 Å². The van der Waals surface area contributed by atoms with Crippen molar-refractivity contribution in [3.8, 4) is 11.4 Å². The molecule has 0 atom stereocenters. The number of likely N-dealkylation sites (tertiary alicyclic amines) is 1. The van der Waals surface area contributed by atoms with Crippen LogP contribution >= 0.6 is 0 Å². The molecular formula is C18H26N4O. The minimum atomic E-state index is 0.442. The summed E-state index contributed by atoms with van der Waals surface area (Å²) in [5, 5.41) is 4.42. The van der Waals surface area contributed by atoms with Crippen molar-refractivity contribution in [3.05, 3.63) is 35.7 Å². The number of ether oxygens (including phenoxy) is 1. The minimum Gasteiger partial charge on any atom is -0.381 e. The summed E-state index contributed by atoms with van der Waals surface area (Å²) >= 11 is 0. The Morgan fingerprint density at radius 3 is 2.48 bits per heavy atom. The molecule has 1 saturated heterocycles. The Balaban J connectivity index is 1.65. The molecule has 0 saturated carbocycles. The zero-order valence-corrected chi connectivity index (χ0v) is 14.3. The number of rotatable bonds is 5. The predicted octanol–water partition coefficient (Wildman–Crippen LogP) is 2.88. The third-order valence-corrected chi connectivity index (χ3v) is 4.56. The highest BCUT2D eigenvalue weighted by molar-refractivity contribution is 5.55. The van der Waals surface area contributed by atoms with Crippen molar-refractivity contribution in [1.82, 2.24) is 19.7 Å². The molecule has 0 unspecified atom stereocenters. The molecule has 0 bridgehead atoms. The standard InChI is InChI=1S/C18H26N4O/c1-4-22-18(19-14(2)20-22)16-7-5-15(6-8-16)13-21-11-9-17(23-3)10-12-21/h5-8,17H,4,9-13H2,1-3H3. The van der Waals surface area contributed by atoms with Gasteiger partial charge in [0, 0.05) is 38.9 Å². The summed E-state index contributed by atoms with van der Waals surface area (Å²) in [5.74, 6) is 1.78. The first-order valence-corrected chi connectivity index (χ1v) is 8.45. The van der Waals surface area contributed by atoms with Crippen molar-refractivity contribution < 1.29 is 4.74 Å². The van der Waals surface area contributed by atoms with E-state index in [1.807, 2.05) is 18.7 Å². The monoisotopic (exact) mass is 314 g/mol. The highest BCUT2D eigenvalue weighted by atomic mass is 16.5. The molecule has 0 spiro atoms. The summed E-state index contributed by atoms with van der Waals surface area (Å²) in [6.07, 6.45) is 2.71. The van der Waals surface area contributed by atoms with Gasteiger partial charge in [0.25, 0.3) is 0 Å². The normalized spacial score (nSPS) is 16.8. The van der Waals surface area contributed by atoms with Gasteiger partial charge in [-0.2, -0.15) is 5.10 Å². The van der Waals surface area contributed by atoms with Crippen LogP contribution in [0.5, 0.6) is 0 Å². The van der Waals surface area contributed by atoms with Crippen molar-refractivity contribution in [2.45, 2.75) is 45.9 Å². The molecule has 1 aliphatic rings. The van der Waals surface area contributed by atoms with E-state index in [1.54, 1.807) is 0 Å². The Labute approximate surface area is 138 Å². The maximum absolute atomic E-state index is 5.44. The lowest BCUT2D eigenvalue weighted by atomic mass is 10.1. The van der Waals surface area contributed by atoms with Crippen LogP contribution in [-0.4, -0.2) is 46.0 Å².